The van der Waals surface area contributed by atoms with E-state index in [1.165, 1.54) is 12.8 Å². The number of allylic oxidation sites excluding steroid dienone is 2. The molecule has 1 heteroatoms. The first-order valence-electron chi connectivity index (χ1n) is 3.57. The van der Waals surface area contributed by atoms with Gasteiger partial charge in [0.15, 0.2) is 6.29 Å². The zero-order valence-corrected chi connectivity index (χ0v) is 5.89. The molecule has 52 valence electrons. The van der Waals surface area contributed by atoms with Gasteiger partial charge in [-0.05, 0) is 37.2 Å². The van der Waals surface area contributed by atoms with Gasteiger partial charge in [-0.3, -0.25) is 4.79 Å². The van der Waals surface area contributed by atoms with E-state index in [0.29, 0.717) is 6.29 Å². The Morgan fingerprint density at radius 1 is 1.50 bits per heavy atom. The molecule has 0 saturated carbocycles. The minimum absolute atomic E-state index is 0.648. The fourth-order valence-electron chi connectivity index (χ4n) is 1.07. The van der Waals surface area contributed by atoms with Gasteiger partial charge in [0.05, 0.1) is 0 Å². The molecule has 0 spiro atoms. The van der Waals surface area contributed by atoms with Gasteiger partial charge in [-0.15, -0.1) is 0 Å². The number of carbonyl (C=O) groups excluding carboxylic acids is 1. The van der Waals surface area contributed by atoms with Crippen molar-refractivity contribution >= 4 is 6.29 Å². The highest BCUT2D eigenvalue weighted by Crippen LogP contribution is 2.15. The molecule has 0 saturated heterocycles. The molecule has 0 heterocycles. The number of rotatable bonds is 0. The Kier molecular flexibility index (Phi) is 2.76. The van der Waals surface area contributed by atoms with E-state index >= 15 is 0 Å². The van der Waals surface area contributed by atoms with Crippen molar-refractivity contribution in [2.45, 2.75) is 25.7 Å². The quantitative estimate of drug-likeness (QED) is 0.364. The highest BCUT2D eigenvalue weighted by molar-refractivity contribution is 5.73. The number of carbonyl (C=O) groups is 1. The van der Waals surface area contributed by atoms with Crippen LogP contribution in [0.2, 0.25) is 0 Å². The molecule has 0 aliphatic heterocycles. The van der Waals surface area contributed by atoms with Crippen LogP contribution in [-0.4, -0.2) is 6.29 Å². The van der Waals surface area contributed by atoms with Crippen LogP contribution in [0.15, 0.2) is 11.6 Å². The van der Waals surface area contributed by atoms with E-state index in [4.69, 9.17) is 0 Å². The van der Waals surface area contributed by atoms with Gasteiger partial charge < -0.3 is 0 Å². The smallest absolute Gasteiger partial charge is 0.193 e. The van der Waals surface area contributed by atoms with Crippen LogP contribution in [-0.2, 0) is 4.79 Å². The van der Waals surface area contributed by atoms with Gasteiger partial charge in [0.25, 0.3) is 0 Å². The monoisotopic (exact) mass is 134 g/mol. The molecule has 0 aromatic carbocycles. The summed E-state index contributed by atoms with van der Waals surface area (Å²) in [4.78, 5) is 9.85. The van der Waals surface area contributed by atoms with Crippen LogP contribution in [0.3, 0.4) is 0 Å². The van der Waals surface area contributed by atoms with Gasteiger partial charge in [0.1, 0.15) is 0 Å². The summed E-state index contributed by atoms with van der Waals surface area (Å²) in [5.41, 5.74) is 1.14. The lowest BCUT2D eigenvalue weighted by molar-refractivity contribution is -0.103. The molecule has 0 aromatic rings. The lowest BCUT2D eigenvalue weighted by Crippen LogP contribution is -1.88. The van der Waals surface area contributed by atoms with E-state index in [1.807, 2.05) is 0 Å². The Balaban J connectivity index is 2.53. The van der Waals surface area contributed by atoms with E-state index in [2.05, 4.69) is 17.9 Å². The molecule has 0 unspecified atom stereocenters. The van der Waals surface area contributed by atoms with Crippen molar-refractivity contribution in [1.82, 2.24) is 0 Å². The molecule has 1 aliphatic rings. The average Bonchev–Trinajstić information content (AvgIpc) is 2.03. The van der Waals surface area contributed by atoms with Gasteiger partial charge in [-0.2, -0.15) is 0 Å². The van der Waals surface area contributed by atoms with Crippen molar-refractivity contribution in [3.8, 4) is 11.8 Å². The van der Waals surface area contributed by atoms with Crippen molar-refractivity contribution < 1.29 is 4.79 Å². The van der Waals surface area contributed by atoms with Gasteiger partial charge in [0.2, 0.25) is 0 Å². The largest absolute Gasteiger partial charge is 0.289 e. The normalized spacial score (nSPS) is 16.6. The number of hydrogen-bond donors (Lipinski definition) is 0. The standard InChI is InChI=1S/C9H10O/c10-8-4-7-9-5-2-1-3-6-9/h5,8H,1-3,6H2. The maximum Gasteiger partial charge on any atom is 0.193 e. The minimum atomic E-state index is 0.648. The van der Waals surface area contributed by atoms with Crippen molar-refractivity contribution in [3.05, 3.63) is 11.6 Å². The van der Waals surface area contributed by atoms with Crippen molar-refractivity contribution in [3.63, 3.8) is 0 Å². The van der Waals surface area contributed by atoms with Gasteiger partial charge in [-0.25, -0.2) is 0 Å². The average molecular weight is 134 g/mol. The van der Waals surface area contributed by atoms with Gasteiger partial charge >= 0.3 is 0 Å². The molecule has 0 amide bonds. The molecule has 0 radical (unpaired) electrons. The second kappa shape index (κ2) is 3.90. The lowest BCUT2D eigenvalue weighted by Gasteiger charge is -2.04. The molecule has 10 heavy (non-hydrogen) atoms. The first kappa shape index (κ1) is 7.08. The van der Waals surface area contributed by atoms with Crippen LogP contribution in [0, 0.1) is 11.8 Å². The molecule has 0 bridgehead atoms. The predicted molar refractivity (Wildman–Crippen MR) is 40.4 cm³/mol. The second-order valence-corrected chi connectivity index (χ2v) is 2.36. The highest BCUT2D eigenvalue weighted by atomic mass is 16.1. The van der Waals surface area contributed by atoms with Gasteiger partial charge in [-0.1, -0.05) is 12.0 Å². The van der Waals surface area contributed by atoms with Crippen molar-refractivity contribution in [2.75, 3.05) is 0 Å². The van der Waals surface area contributed by atoms with E-state index < -0.39 is 0 Å². The molecule has 1 rings (SSSR count). The van der Waals surface area contributed by atoms with Crippen molar-refractivity contribution in [1.29, 1.82) is 0 Å². The Bertz CT molecular complexity index is 203. The third-order valence-corrected chi connectivity index (χ3v) is 1.58. The van der Waals surface area contributed by atoms with Crippen LogP contribution < -0.4 is 0 Å². The van der Waals surface area contributed by atoms with Crippen LogP contribution in [0.5, 0.6) is 0 Å². The maximum atomic E-state index is 9.85. The third kappa shape index (κ3) is 2.06. The molecular formula is C9H10O. The highest BCUT2D eigenvalue weighted by Gasteiger charge is 1.98. The van der Waals surface area contributed by atoms with Crippen molar-refractivity contribution in [2.24, 2.45) is 0 Å². The minimum Gasteiger partial charge on any atom is -0.289 e. The zero-order valence-electron chi connectivity index (χ0n) is 5.89. The molecule has 0 aromatic heterocycles. The summed E-state index contributed by atoms with van der Waals surface area (Å²) >= 11 is 0. The maximum absolute atomic E-state index is 9.85. The molecule has 1 nitrogen and oxygen atoms in total. The lowest BCUT2D eigenvalue weighted by atomic mass is 10.0. The first-order chi connectivity index (χ1) is 4.93. The van der Waals surface area contributed by atoms with Crippen LogP contribution in [0.25, 0.3) is 0 Å². The summed E-state index contributed by atoms with van der Waals surface area (Å²) in [6, 6.07) is 0. The zero-order chi connectivity index (χ0) is 7.23. The van der Waals surface area contributed by atoms with E-state index in [0.717, 1.165) is 18.4 Å². The molecule has 0 fully saturated rings. The summed E-state index contributed by atoms with van der Waals surface area (Å²) in [6.45, 7) is 0. The fourth-order valence-corrected chi connectivity index (χ4v) is 1.07. The Labute approximate surface area is 61.1 Å². The molecule has 0 N–H and O–H groups in total. The second-order valence-electron chi connectivity index (χ2n) is 2.36. The fraction of sp³-hybridized carbons (Fsp3) is 0.444. The predicted octanol–water partition coefficient (Wildman–Crippen LogP) is 1.69. The Hall–Kier alpha value is -1.03. The summed E-state index contributed by atoms with van der Waals surface area (Å²) in [5, 5.41) is 0. The van der Waals surface area contributed by atoms with Gasteiger partial charge in [0, 0.05) is 0 Å². The first-order valence-corrected chi connectivity index (χ1v) is 3.57. The number of aldehydes is 1. The molecule has 1 aliphatic carbocycles. The molecule has 0 atom stereocenters. The summed E-state index contributed by atoms with van der Waals surface area (Å²) in [6.07, 6.45) is 7.45. The SMILES string of the molecule is O=CC#CC1=CCCCC1. The molecular weight excluding hydrogens is 124 g/mol. The topological polar surface area (TPSA) is 17.1 Å². The summed E-state index contributed by atoms with van der Waals surface area (Å²) < 4.78 is 0. The summed E-state index contributed by atoms with van der Waals surface area (Å²) in [7, 11) is 0. The van der Waals surface area contributed by atoms with E-state index in [-0.39, 0.29) is 0 Å². The Morgan fingerprint density at radius 2 is 2.40 bits per heavy atom. The van der Waals surface area contributed by atoms with E-state index in [1.54, 1.807) is 0 Å². The third-order valence-electron chi connectivity index (χ3n) is 1.58. The van der Waals surface area contributed by atoms with E-state index in [9.17, 15) is 4.79 Å². The van der Waals surface area contributed by atoms with Crippen LogP contribution in [0.1, 0.15) is 25.7 Å². The Morgan fingerprint density at radius 3 is 3.00 bits per heavy atom. The van der Waals surface area contributed by atoms with Crippen LogP contribution >= 0.6 is 0 Å². The number of hydrogen-bond acceptors (Lipinski definition) is 1. The summed E-state index contributed by atoms with van der Waals surface area (Å²) in [5.74, 6) is 5.23. The van der Waals surface area contributed by atoms with Crippen LogP contribution in [0.4, 0.5) is 0 Å².